The van der Waals surface area contributed by atoms with Crippen LogP contribution in [0.2, 0.25) is 0 Å². The minimum atomic E-state index is -1.08. The molecule has 0 unspecified atom stereocenters. The predicted octanol–water partition coefficient (Wildman–Crippen LogP) is 2.66. The van der Waals surface area contributed by atoms with E-state index in [1.807, 2.05) is 0 Å². The molecule has 2 aliphatic rings. The Morgan fingerprint density at radius 2 is 2.06 bits per heavy atom. The van der Waals surface area contributed by atoms with Crippen molar-refractivity contribution in [2.75, 3.05) is 25.5 Å². The van der Waals surface area contributed by atoms with Gasteiger partial charge in [0.15, 0.2) is 11.4 Å². The lowest BCUT2D eigenvalue weighted by Gasteiger charge is -2.32. The first kappa shape index (κ1) is 21.8. The van der Waals surface area contributed by atoms with E-state index in [0.29, 0.717) is 11.1 Å². The summed E-state index contributed by atoms with van der Waals surface area (Å²) in [7, 11) is 1.44. The number of halogens is 2. The van der Waals surface area contributed by atoms with Crippen LogP contribution in [0.5, 0.6) is 5.75 Å². The highest BCUT2D eigenvalue weighted by Gasteiger charge is 2.37. The fourth-order valence-corrected chi connectivity index (χ4v) is 3.41. The standard InChI is InChI=1S/C22H22F2N4O4/c1-22(2)21(30)27-18-16(32-22)7-4-12(17(18)23)10-28-9-8-13(11-31-28)14-5-6-15(20(29)25-3)26-19(14)24/h4-8H,9-11H2,1-3H3,(H,25,29)(H,27,30). The van der Waals surface area contributed by atoms with Gasteiger partial charge in [-0.3, -0.25) is 14.4 Å². The summed E-state index contributed by atoms with van der Waals surface area (Å²) < 4.78 is 34.9. The van der Waals surface area contributed by atoms with E-state index < -0.39 is 29.2 Å². The third-order valence-corrected chi connectivity index (χ3v) is 5.28. The maximum absolute atomic E-state index is 15.0. The normalized spacial score (nSPS) is 17.7. The average molecular weight is 444 g/mol. The van der Waals surface area contributed by atoms with Gasteiger partial charge in [0.25, 0.3) is 11.8 Å². The van der Waals surface area contributed by atoms with Gasteiger partial charge in [-0.05, 0) is 37.6 Å². The van der Waals surface area contributed by atoms with Crippen LogP contribution < -0.4 is 15.4 Å². The maximum Gasteiger partial charge on any atom is 0.269 e. The molecule has 168 valence electrons. The number of amides is 2. The molecule has 2 aliphatic heterocycles. The fraction of sp³-hybridized carbons (Fsp3) is 0.318. The topological polar surface area (TPSA) is 92.8 Å². The van der Waals surface area contributed by atoms with Crippen LogP contribution in [0.25, 0.3) is 5.57 Å². The molecule has 2 aromatic rings. The van der Waals surface area contributed by atoms with Crippen LogP contribution in [0.4, 0.5) is 14.5 Å². The van der Waals surface area contributed by atoms with Crippen LogP contribution >= 0.6 is 0 Å². The molecule has 2 N–H and O–H groups in total. The summed E-state index contributed by atoms with van der Waals surface area (Å²) in [5, 5.41) is 6.47. The van der Waals surface area contributed by atoms with E-state index >= 15 is 0 Å². The highest BCUT2D eigenvalue weighted by molar-refractivity contribution is 6.00. The molecule has 1 aromatic carbocycles. The van der Waals surface area contributed by atoms with Crippen molar-refractivity contribution in [2.24, 2.45) is 0 Å². The fourth-order valence-electron chi connectivity index (χ4n) is 3.41. The Hall–Kier alpha value is -3.37. The number of fused-ring (bicyclic) bond motifs is 1. The summed E-state index contributed by atoms with van der Waals surface area (Å²) in [5.74, 6) is -2.01. The third-order valence-electron chi connectivity index (χ3n) is 5.28. The average Bonchev–Trinajstić information content (AvgIpc) is 2.77. The van der Waals surface area contributed by atoms with Crippen LogP contribution in [-0.4, -0.2) is 47.7 Å². The number of ether oxygens (including phenoxy) is 1. The Bertz CT molecular complexity index is 1130. The molecule has 0 aliphatic carbocycles. The van der Waals surface area contributed by atoms with Crippen molar-refractivity contribution in [1.82, 2.24) is 15.4 Å². The van der Waals surface area contributed by atoms with Crippen molar-refractivity contribution in [1.29, 1.82) is 0 Å². The number of hydroxylamine groups is 2. The Balaban J connectivity index is 1.47. The van der Waals surface area contributed by atoms with E-state index in [9.17, 15) is 18.4 Å². The van der Waals surface area contributed by atoms with Crippen LogP contribution in [-0.2, 0) is 16.2 Å². The van der Waals surface area contributed by atoms with E-state index in [-0.39, 0.29) is 42.4 Å². The summed E-state index contributed by atoms with van der Waals surface area (Å²) in [6, 6.07) is 6.09. The molecule has 32 heavy (non-hydrogen) atoms. The maximum atomic E-state index is 15.0. The molecule has 0 radical (unpaired) electrons. The molecular formula is C22H22F2N4O4. The van der Waals surface area contributed by atoms with E-state index in [4.69, 9.17) is 9.57 Å². The number of carbonyl (C=O) groups excluding carboxylic acids is 2. The molecular weight excluding hydrogens is 422 g/mol. The summed E-state index contributed by atoms with van der Waals surface area (Å²) >= 11 is 0. The second kappa shape index (κ2) is 8.29. The molecule has 4 rings (SSSR count). The van der Waals surface area contributed by atoms with Crippen LogP contribution in [0, 0.1) is 11.8 Å². The van der Waals surface area contributed by atoms with Gasteiger partial charge in [-0.25, -0.2) is 9.37 Å². The molecule has 0 saturated carbocycles. The third kappa shape index (κ3) is 4.06. The molecule has 8 nitrogen and oxygen atoms in total. The number of carbonyl (C=O) groups is 2. The van der Waals surface area contributed by atoms with Gasteiger partial charge in [-0.2, -0.15) is 9.45 Å². The smallest absolute Gasteiger partial charge is 0.269 e. The Kier molecular flexibility index (Phi) is 5.66. The lowest BCUT2D eigenvalue weighted by atomic mass is 10.0. The second-order valence-electron chi connectivity index (χ2n) is 7.92. The number of hydrogen-bond donors (Lipinski definition) is 2. The zero-order valence-corrected chi connectivity index (χ0v) is 17.8. The SMILES string of the molecule is CNC(=O)c1ccc(C2=CCN(Cc3ccc4c(c3F)NC(=O)C(C)(C)O4)OC2)c(F)n1. The monoisotopic (exact) mass is 444 g/mol. The minimum absolute atomic E-state index is 0.00409. The van der Waals surface area contributed by atoms with Gasteiger partial charge in [0.2, 0.25) is 5.95 Å². The first-order valence-electron chi connectivity index (χ1n) is 9.97. The zero-order chi connectivity index (χ0) is 23.0. The summed E-state index contributed by atoms with van der Waals surface area (Å²) in [6.07, 6.45) is 1.76. The molecule has 0 spiro atoms. The highest BCUT2D eigenvalue weighted by Crippen LogP contribution is 2.37. The van der Waals surface area contributed by atoms with Gasteiger partial charge in [-0.15, -0.1) is 0 Å². The number of rotatable bonds is 4. The Labute approximate surface area is 183 Å². The number of aromatic nitrogens is 1. The van der Waals surface area contributed by atoms with Crippen molar-refractivity contribution >= 4 is 23.1 Å². The molecule has 2 amide bonds. The summed E-state index contributed by atoms with van der Waals surface area (Å²) in [5.41, 5.74) is 0.0237. The van der Waals surface area contributed by atoms with Gasteiger partial charge in [0.05, 0.1) is 13.2 Å². The quantitative estimate of drug-likeness (QED) is 0.705. The van der Waals surface area contributed by atoms with Gasteiger partial charge in [0, 0.05) is 24.7 Å². The Morgan fingerprint density at radius 3 is 2.72 bits per heavy atom. The summed E-state index contributed by atoms with van der Waals surface area (Å²) in [6.45, 7) is 3.65. The summed E-state index contributed by atoms with van der Waals surface area (Å²) in [4.78, 5) is 33.0. The number of hydrogen-bond acceptors (Lipinski definition) is 6. The van der Waals surface area contributed by atoms with Crippen LogP contribution in [0.1, 0.15) is 35.5 Å². The van der Waals surface area contributed by atoms with E-state index in [1.165, 1.54) is 24.2 Å². The van der Waals surface area contributed by atoms with Crippen molar-refractivity contribution in [3.05, 3.63) is 58.9 Å². The molecule has 1 aromatic heterocycles. The van der Waals surface area contributed by atoms with Crippen LogP contribution in [0.15, 0.2) is 30.3 Å². The highest BCUT2D eigenvalue weighted by atomic mass is 19.1. The Morgan fingerprint density at radius 1 is 1.28 bits per heavy atom. The lowest BCUT2D eigenvalue weighted by Crippen LogP contribution is -2.46. The molecule has 10 heteroatoms. The molecule has 0 fully saturated rings. The van der Waals surface area contributed by atoms with E-state index in [0.717, 1.165) is 0 Å². The van der Waals surface area contributed by atoms with Gasteiger partial charge in [0.1, 0.15) is 17.1 Å². The predicted molar refractivity (Wildman–Crippen MR) is 112 cm³/mol. The van der Waals surface area contributed by atoms with Crippen molar-refractivity contribution < 1.29 is 27.9 Å². The van der Waals surface area contributed by atoms with Crippen molar-refractivity contribution in [3.63, 3.8) is 0 Å². The molecule has 0 saturated heterocycles. The van der Waals surface area contributed by atoms with E-state index in [2.05, 4.69) is 15.6 Å². The number of anilines is 1. The van der Waals surface area contributed by atoms with Crippen molar-refractivity contribution in [2.45, 2.75) is 26.0 Å². The second-order valence-corrected chi connectivity index (χ2v) is 7.92. The van der Waals surface area contributed by atoms with Gasteiger partial charge in [-0.1, -0.05) is 12.1 Å². The minimum Gasteiger partial charge on any atom is -0.476 e. The largest absolute Gasteiger partial charge is 0.476 e. The van der Waals surface area contributed by atoms with Gasteiger partial charge >= 0.3 is 0 Å². The molecule has 0 atom stereocenters. The first-order valence-corrected chi connectivity index (χ1v) is 9.97. The van der Waals surface area contributed by atoms with Crippen molar-refractivity contribution in [3.8, 4) is 5.75 Å². The lowest BCUT2D eigenvalue weighted by molar-refractivity contribution is -0.151. The van der Waals surface area contributed by atoms with Crippen LogP contribution in [0.3, 0.4) is 0 Å². The zero-order valence-electron chi connectivity index (χ0n) is 17.8. The first-order chi connectivity index (χ1) is 15.2. The van der Waals surface area contributed by atoms with Gasteiger partial charge < -0.3 is 15.4 Å². The molecule has 3 heterocycles. The van der Waals surface area contributed by atoms with E-state index in [1.54, 1.807) is 32.1 Å². The number of nitrogens with zero attached hydrogens (tertiary/aromatic N) is 2. The number of nitrogens with one attached hydrogen (secondary N) is 2. The number of pyridine rings is 1. The number of benzene rings is 1. The molecule has 0 bridgehead atoms.